The summed E-state index contributed by atoms with van der Waals surface area (Å²) < 4.78 is 0. The van der Waals surface area contributed by atoms with Crippen LogP contribution in [0.2, 0.25) is 0 Å². The van der Waals surface area contributed by atoms with Crippen LogP contribution in [0.15, 0.2) is 0 Å². The average Bonchev–Trinajstić information content (AvgIpc) is 1.00. The maximum absolute atomic E-state index is 1.89. The molecule has 0 bridgehead atoms. The van der Waals surface area contributed by atoms with Gasteiger partial charge in [0.2, 0.25) is 0 Å². The first-order valence-electron chi connectivity index (χ1n) is 0.447. The molecular weight excluding hydrogens is 270 g/mol. The van der Waals surface area contributed by atoms with Crippen molar-refractivity contribution in [2.45, 2.75) is 0 Å². The Kier molecular flexibility index (Phi) is 65.5. The third kappa shape index (κ3) is 8.89. The van der Waals surface area contributed by atoms with Crippen LogP contribution in [0, 0.1) is 0 Å². The number of hydrogen-bond acceptors (Lipinski definition) is 0. The van der Waals surface area contributed by atoms with Gasteiger partial charge in [0.05, 0.1) is 0 Å². The zero-order valence-electron chi connectivity index (χ0n) is 1.45. The van der Waals surface area contributed by atoms with Crippen LogP contribution in [0.25, 0.3) is 0 Å². The van der Waals surface area contributed by atoms with E-state index >= 15 is 0 Å². The molecule has 0 aliphatic rings. The van der Waals surface area contributed by atoms with Crippen LogP contribution < -0.4 is 0 Å². The summed E-state index contributed by atoms with van der Waals surface area (Å²) in [5.41, 5.74) is 0. The number of rotatable bonds is 0. The molecule has 0 aromatic rings. The van der Waals surface area contributed by atoms with E-state index in [0.717, 1.165) is 0 Å². The van der Waals surface area contributed by atoms with Gasteiger partial charge >= 0.3 is 74.8 Å². The third-order valence-corrected chi connectivity index (χ3v) is 0. The Morgan fingerprint density at radius 1 is 1.25 bits per heavy atom. The Labute approximate surface area is 89.9 Å². The summed E-state index contributed by atoms with van der Waals surface area (Å²) in [5, 5.41) is 0. The van der Waals surface area contributed by atoms with Crippen molar-refractivity contribution in [3.05, 3.63) is 0 Å². The molecule has 0 aromatic heterocycles. The first-order chi connectivity index (χ1) is 1.00. The minimum atomic E-state index is 0. The molecule has 0 spiro atoms. The quantitative estimate of drug-likeness (QED) is 0.397. The molecule has 0 aliphatic carbocycles. The van der Waals surface area contributed by atoms with Gasteiger partial charge in [0.15, 0.2) is 17.4 Å². The Morgan fingerprint density at radius 2 is 1.25 bits per heavy atom. The predicted octanol–water partition coefficient (Wildman–Crippen LogP) is -3.93. The van der Waals surface area contributed by atoms with E-state index in [-0.39, 0.29) is 62.8 Å². The predicted molar refractivity (Wildman–Crippen MR) is 35.6 cm³/mol. The monoisotopic (exact) mass is 282 g/mol. The van der Waals surface area contributed by atoms with Gasteiger partial charge in [-0.1, -0.05) is 0 Å². The van der Waals surface area contributed by atoms with E-state index in [1.165, 1.54) is 7.79 Å². The van der Waals surface area contributed by atoms with Gasteiger partial charge in [0.1, 0.15) is 0 Å². The molecule has 0 unspecified atom stereocenters. The molecule has 0 nitrogen and oxygen atoms in total. The van der Waals surface area contributed by atoms with Gasteiger partial charge in [0.25, 0.3) is 0 Å². The second-order valence-corrected chi connectivity index (χ2v) is 0. The Morgan fingerprint density at radius 3 is 1.25 bits per heavy atom. The van der Waals surface area contributed by atoms with Crippen molar-refractivity contribution in [3.63, 3.8) is 0 Å². The van der Waals surface area contributed by atoms with Gasteiger partial charge in [-0.25, -0.2) is 0 Å². The molecule has 24 valence electrons. The van der Waals surface area contributed by atoms with E-state index in [0.29, 0.717) is 0 Å². The van der Waals surface area contributed by atoms with E-state index < -0.39 is 0 Å². The zero-order valence-corrected chi connectivity index (χ0v) is 6.00. The summed E-state index contributed by atoms with van der Waals surface area (Å²) in [5.74, 6) is 0. The van der Waals surface area contributed by atoms with Crippen molar-refractivity contribution in [3.8, 4) is 0 Å². The topological polar surface area (TPSA) is 0 Å². The van der Waals surface area contributed by atoms with Crippen LogP contribution in [0.3, 0.4) is 0 Å². The van der Waals surface area contributed by atoms with Crippen LogP contribution in [-0.4, -0.2) is 92.1 Å². The van der Waals surface area contributed by atoms with Crippen molar-refractivity contribution in [1.29, 1.82) is 0 Å². The van der Waals surface area contributed by atoms with Crippen molar-refractivity contribution in [2.75, 3.05) is 0 Å². The van der Waals surface area contributed by atoms with Gasteiger partial charge in [-0.3, -0.25) is 0 Å². The van der Waals surface area contributed by atoms with Crippen molar-refractivity contribution in [2.24, 2.45) is 0 Å². The molecule has 4 heavy (non-hydrogen) atoms. The Bertz CT molecular complexity index is 8.00. The Balaban J connectivity index is -0.00000000500. The van der Waals surface area contributed by atoms with Crippen molar-refractivity contribution >= 4 is 92.1 Å². The molecule has 0 saturated heterocycles. The van der Waals surface area contributed by atoms with E-state index in [1.807, 2.05) is 21.5 Å². The van der Waals surface area contributed by atoms with Gasteiger partial charge in [0, 0.05) is 0 Å². The summed E-state index contributed by atoms with van der Waals surface area (Å²) in [6, 6.07) is 0. The zero-order chi connectivity index (χ0) is 2.00. The molecule has 0 rings (SSSR count). The molecular formula is H9AlSiSrTe. The molecule has 0 radical (unpaired) electrons. The molecule has 0 aromatic carbocycles. The molecule has 0 aliphatic heterocycles. The number of hydrogen-bond donors (Lipinski definition) is 0. The van der Waals surface area contributed by atoms with E-state index in [2.05, 4.69) is 0 Å². The van der Waals surface area contributed by atoms with Crippen molar-refractivity contribution in [1.82, 2.24) is 0 Å². The first kappa shape index (κ1) is 15.7. The van der Waals surface area contributed by atoms with Gasteiger partial charge in [-0.2, -0.15) is 0 Å². The fourth-order valence-electron chi connectivity index (χ4n) is 0. The van der Waals surface area contributed by atoms with Crippen LogP contribution >= 0.6 is 0 Å². The van der Waals surface area contributed by atoms with E-state index in [9.17, 15) is 0 Å². The summed E-state index contributed by atoms with van der Waals surface area (Å²) in [6.07, 6.45) is 0. The first-order valence-corrected chi connectivity index (χ1v) is 9.00. The van der Waals surface area contributed by atoms with Gasteiger partial charge < -0.3 is 0 Å². The normalized spacial score (nSPS) is 2.25. The molecule has 0 saturated carbocycles. The summed E-state index contributed by atoms with van der Waals surface area (Å²) in [7, 11) is 1.36. The van der Waals surface area contributed by atoms with E-state index in [4.69, 9.17) is 0 Å². The van der Waals surface area contributed by atoms with Crippen LogP contribution in [0.1, 0.15) is 0 Å². The molecule has 0 amide bonds. The molecule has 0 N–H and O–H groups in total. The standard InChI is InChI=1S/Al.H4SiTe.Sr.5H/c;1-2;;;;;;/h;2H,1H3;;;;;;. The average molecular weight is 279 g/mol. The summed E-state index contributed by atoms with van der Waals surface area (Å²) in [4.78, 5) is 0. The fraction of sp³-hybridized carbons (Fsp3) is 0. The Hall–Kier alpha value is 3.02. The minimum absolute atomic E-state index is 0. The second-order valence-electron chi connectivity index (χ2n) is 0. The van der Waals surface area contributed by atoms with Crippen molar-refractivity contribution < 1.29 is 0 Å². The SMILES string of the molecule is [AlH3].[SiH3][TeH].[SrH2]. The fourth-order valence-corrected chi connectivity index (χ4v) is 0. The molecule has 4 heteroatoms. The second kappa shape index (κ2) is 16.6. The summed E-state index contributed by atoms with van der Waals surface area (Å²) in [6.45, 7) is 0. The maximum atomic E-state index is 1.89. The van der Waals surface area contributed by atoms with Gasteiger partial charge in [-0.15, -0.1) is 0 Å². The van der Waals surface area contributed by atoms with Gasteiger partial charge in [-0.05, 0) is 0 Å². The van der Waals surface area contributed by atoms with Crippen LogP contribution in [0.4, 0.5) is 0 Å². The molecule has 0 fully saturated rings. The van der Waals surface area contributed by atoms with Crippen LogP contribution in [-0.2, 0) is 0 Å². The summed E-state index contributed by atoms with van der Waals surface area (Å²) >= 11 is 1.89. The molecule has 0 atom stereocenters. The molecule has 0 heterocycles. The van der Waals surface area contributed by atoms with E-state index in [1.54, 1.807) is 0 Å². The third-order valence-electron chi connectivity index (χ3n) is 0. The van der Waals surface area contributed by atoms with Crippen LogP contribution in [0.5, 0.6) is 0 Å².